The van der Waals surface area contributed by atoms with Crippen LogP contribution in [0.15, 0.2) is 38.6 Å². The number of thiophene rings is 1. The number of Topliss-reactive ketones (excluding diaryl/α,β-unsaturated/α-hetero) is 1. The van der Waals surface area contributed by atoms with Gasteiger partial charge in [-0.3, -0.25) is 4.79 Å². The Bertz CT molecular complexity index is 560. The molecule has 0 aliphatic heterocycles. The Morgan fingerprint density at radius 3 is 2.59 bits per heavy atom. The first kappa shape index (κ1) is 13.0. The minimum absolute atomic E-state index is 0.145. The fraction of sp³-hybridized carbons (Fsp3) is 0.154. The molecule has 88 valence electrons. The molecule has 0 unspecified atom stereocenters. The topological polar surface area (TPSA) is 17.1 Å². The Hall–Kier alpha value is -0.450. The maximum absolute atomic E-state index is 12.1. The molecule has 0 amide bonds. The number of hydrogen-bond acceptors (Lipinski definition) is 2. The Kier molecular flexibility index (Phi) is 4.17. The lowest BCUT2D eigenvalue weighted by Gasteiger charge is -2.03. The van der Waals surface area contributed by atoms with Crippen molar-refractivity contribution in [3.8, 4) is 0 Å². The highest BCUT2D eigenvalue weighted by molar-refractivity contribution is 9.11. The van der Waals surface area contributed by atoms with Crippen LogP contribution in [0.4, 0.5) is 0 Å². The van der Waals surface area contributed by atoms with Gasteiger partial charge in [0.25, 0.3) is 0 Å². The highest BCUT2D eigenvalue weighted by Gasteiger charge is 2.11. The Morgan fingerprint density at radius 2 is 2.00 bits per heavy atom. The molecule has 1 aromatic heterocycles. The van der Waals surface area contributed by atoms with E-state index in [1.807, 2.05) is 37.3 Å². The van der Waals surface area contributed by atoms with Crippen LogP contribution in [0.2, 0.25) is 0 Å². The van der Waals surface area contributed by atoms with E-state index in [1.165, 1.54) is 0 Å². The summed E-state index contributed by atoms with van der Waals surface area (Å²) >= 11 is 8.44. The summed E-state index contributed by atoms with van der Waals surface area (Å²) in [5.74, 6) is 0.145. The summed E-state index contributed by atoms with van der Waals surface area (Å²) in [6.07, 6.45) is 0.456. The van der Waals surface area contributed by atoms with E-state index in [0.717, 1.165) is 24.3 Å². The third kappa shape index (κ3) is 3.27. The Morgan fingerprint density at radius 1 is 1.24 bits per heavy atom. The van der Waals surface area contributed by atoms with Crippen LogP contribution in [0.1, 0.15) is 20.8 Å². The van der Waals surface area contributed by atoms with Gasteiger partial charge in [0.1, 0.15) is 0 Å². The minimum Gasteiger partial charge on any atom is -0.294 e. The highest BCUT2D eigenvalue weighted by Crippen LogP contribution is 2.25. The van der Waals surface area contributed by atoms with Gasteiger partial charge >= 0.3 is 0 Å². The van der Waals surface area contributed by atoms with Gasteiger partial charge in [0, 0.05) is 21.3 Å². The molecule has 1 nitrogen and oxygen atoms in total. The quantitative estimate of drug-likeness (QED) is 0.691. The van der Waals surface area contributed by atoms with Gasteiger partial charge in [0.2, 0.25) is 0 Å². The van der Waals surface area contributed by atoms with Crippen molar-refractivity contribution >= 4 is 49.0 Å². The Balaban J connectivity index is 2.20. The molecule has 0 aliphatic rings. The van der Waals surface area contributed by atoms with Crippen molar-refractivity contribution in [2.75, 3.05) is 0 Å². The number of halogens is 2. The number of benzene rings is 1. The van der Waals surface area contributed by atoms with Crippen molar-refractivity contribution in [3.05, 3.63) is 54.6 Å². The van der Waals surface area contributed by atoms with Gasteiger partial charge in [0.15, 0.2) is 5.78 Å². The number of ketones is 1. The van der Waals surface area contributed by atoms with Crippen molar-refractivity contribution in [1.29, 1.82) is 0 Å². The van der Waals surface area contributed by atoms with Crippen LogP contribution in [0, 0.1) is 6.92 Å². The summed E-state index contributed by atoms with van der Waals surface area (Å²) in [5, 5.41) is 0. The van der Waals surface area contributed by atoms with Crippen LogP contribution >= 0.6 is 43.2 Å². The van der Waals surface area contributed by atoms with Gasteiger partial charge in [-0.2, -0.15) is 0 Å². The van der Waals surface area contributed by atoms with Crippen LogP contribution in [0.5, 0.6) is 0 Å². The number of aryl methyl sites for hydroxylation is 1. The molecule has 0 fully saturated rings. The first-order chi connectivity index (χ1) is 8.06. The number of carbonyl (C=O) groups excluding carboxylic acids is 1. The van der Waals surface area contributed by atoms with Crippen LogP contribution < -0.4 is 0 Å². The van der Waals surface area contributed by atoms with Gasteiger partial charge in [-0.15, -0.1) is 11.3 Å². The molecule has 0 atom stereocenters. The second-order valence-electron chi connectivity index (χ2n) is 3.79. The SMILES string of the molecule is Cc1ccc(C(=O)Cc2ccc(Br)s2)c(Br)c1. The molecule has 0 saturated heterocycles. The van der Waals surface area contributed by atoms with Gasteiger partial charge in [-0.25, -0.2) is 0 Å². The molecule has 17 heavy (non-hydrogen) atoms. The average Bonchev–Trinajstić information content (AvgIpc) is 2.63. The van der Waals surface area contributed by atoms with Crippen LogP contribution in [-0.2, 0) is 6.42 Å². The molecule has 0 spiro atoms. The third-order valence-corrected chi connectivity index (χ3v) is 4.67. The van der Waals surface area contributed by atoms with Crippen LogP contribution in [0.25, 0.3) is 0 Å². The van der Waals surface area contributed by atoms with E-state index < -0.39 is 0 Å². The lowest BCUT2D eigenvalue weighted by Crippen LogP contribution is -2.03. The molecule has 0 bridgehead atoms. The average molecular weight is 374 g/mol. The zero-order valence-corrected chi connectivity index (χ0v) is 13.2. The third-order valence-electron chi connectivity index (χ3n) is 2.39. The first-order valence-electron chi connectivity index (χ1n) is 5.10. The molecule has 0 saturated carbocycles. The van der Waals surface area contributed by atoms with Gasteiger partial charge in [0.05, 0.1) is 3.79 Å². The fourth-order valence-electron chi connectivity index (χ4n) is 1.55. The van der Waals surface area contributed by atoms with Gasteiger partial charge in [-0.1, -0.05) is 22.0 Å². The van der Waals surface area contributed by atoms with E-state index >= 15 is 0 Å². The molecule has 2 rings (SSSR count). The summed E-state index contributed by atoms with van der Waals surface area (Å²) in [7, 11) is 0. The molecular formula is C13H10Br2OS. The lowest BCUT2D eigenvalue weighted by atomic mass is 10.1. The van der Waals surface area contributed by atoms with E-state index in [9.17, 15) is 4.79 Å². The largest absolute Gasteiger partial charge is 0.294 e. The number of hydrogen-bond donors (Lipinski definition) is 0. The van der Waals surface area contributed by atoms with E-state index in [-0.39, 0.29) is 5.78 Å². The molecule has 0 aliphatic carbocycles. The summed E-state index contributed by atoms with van der Waals surface area (Å²) in [6, 6.07) is 9.76. The number of carbonyl (C=O) groups is 1. The molecule has 1 aromatic carbocycles. The van der Waals surface area contributed by atoms with E-state index in [0.29, 0.717) is 6.42 Å². The second-order valence-corrected chi connectivity index (χ2v) is 7.19. The zero-order valence-electron chi connectivity index (χ0n) is 9.17. The van der Waals surface area contributed by atoms with Gasteiger partial charge < -0.3 is 0 Å². The lowest BCUT2D eigenvalue weighted by molar-refractivity contribution is 0.0993. The van der Waals surface area contributed by atoms with Crippen molar-refractivity contribution in [1.82, 2.24) is 0 Å². The predicted octanol–water partition coefficient (Wildman–Crippen LogP) is 5.01. The predicted molar refractivity (Wildman–Crippen MR) is 78.9 cm³/mol. The van der Waals surface area contributed by atoms with Crippen LogP contribution in [0.3, 0.4) is 0 Å². The Labute approximate surface area is 121 Å². The summed E-state index contributed by atoms with van der Waals surface area (Å²) in [4.78, 5) is 13.2. The molecule has 2 aromatic rings. The molecule has 1 heterocycles. The van der Waals surface area contributed by atoms with Crippen molar-refractivity contribution in [3.63, 3.8) is 0 Å². The van der Waals surface area contributed by atoms with E-state index in [1.54, 1.807) is 11.3 Å². The normalized spacial score (nSPS) is 10.5. The van der Waals surface area contributed by atoms with E-state index in [4.69, 9.17) is 0 Å². The number of rotatable bonds is 3. The second kappa shape index (κ2) is 5.46. The summed E-state index contributed by atoms with van der Waals surface area (Å²) in [5.41, 5.74) is 1.90. The van der Waals surface area contributed by atoms with Crippen LogP contribution in [-0.4, -0.2) is 5.78 Å². The maximum atomic E-state index is 12.1. The zero-order chi connectivity index (χ0) is 12.4. The summed E-state index contributed by atoms with van der Waals surface area (Å²) < 4.78 is 1.93. The fourth-order valence-corrected chi connectivity index (χ4v) is 3.74. The maximum Gasteiger partial charge on any atom is 0.169 e. The molecule has 4 heteroatoms. The van der Waals surface area contributed by atoms with Crippen molar-refractivity contribution in [2.24, 2.45) is 0 Å². The molecule has 0 radical (unpaired) electrons. The highest BCUT2D eigenvalue weighted by atomic mass is 79.9. The van der Waals surface area contributed by atoms with Crippen molar-refractivity contribution < 1.29 is 4.79 Å². The van der Waals surface area contributed by atoms with E-state index in [2.05, 4.69) is 31.9 Å². The summed E-state index contributed by atoms with van der Waals surface area (Å²) in [6.45, 7) is 2.01. The van der Waals surface area contributed by atoms with Gasteiger partial charge in [-0.05, 0) is 52.7 Å². The smallest absolute Gasteiger partial charge is 0.169 e. The minimum atomic E-state index is 0.145. The first-order valence-corrected chi connectivity index (χ1v) is 7.50. The molecule has 0 N–H and O–H groups in total. The standard InChI is InChI=1S/C13H10Br2OS/c1-8-2-4-10(11(14)6-8)12(16)7-9-3-5-13(15)17-9/h2-6H,7H2,1H3. The molecular weight excluding hydrogens is 364 g/mol. The monoisotopic (exact) mass is 372 g/mol. The van der Waals surface area contributed by atoms with Crippen molar-refractivity contribution in [2.45, 2.75) is 13.3 Å².